The number of amides is 1. The summed E-state index contributed by atoms with van der Waals surface area (Å²) in [5, 5.41) is 9.80. The molecule has 0 bridgehead atoms. The van der Waals surface area contributed by atoms with Gasteiger partial charge in [0.05, 0.1) is 11.5 Å². The molecule has 1 rings (SSSR count). The lowest BCUT2D eigenvalue weighted by molar-refractivity contribution is -0.137. The van der Waals surface area contributed by atoms with E-state index in [4.69, 9.17) is 5.73 Å². The maximum Gasteiger partial charge on any atom is 0.227 e. The van der Waals surface area contributed by atoms with Crippen LogP contribution < -0.4 is 5.73 Å². The first kappa shape index (κ1) is 16.4. The second-order valence-electron chi connectivity index (χ2n) is 6.14. The number of nitrogens with zero attached hydrogens (tertiary/aromatic N) is 2. The predicted molar refractivity (Wildman–Crippen MR) is 76.8 cm³/mol. The third kappa shape index (κ3) is 5.47. The molecule has 1 aliphatic rings. The zero-order valence-corrected chi connectivity index (χ0v) is 12.6. The minimum Gasteiger partial charge on any atom is -0.389 e. The standard InChI is InChI=1S/C14H29N3O2/c1-4-5-12(10-15)13(18)17-8-6-16(7-9-17)11-14(2,3)19/h12,19H,4-11,15H2,1-3H3. The Hall–Kier alpha value is -0.650. The van der Waals surface area contributed by atoms with Gasteiger partial charge in [0.2, 0.25) is 5.91 Å². The van der Waals surface area contributed by atoms with Crippen molar-refractivity contribution in [3.05, 3.63) is 0 Å². The molecule has 0 saturated carbocycles. The number of hydrogen-bond acceptors (Lipinski definition) is 4. The fraction of sp³-hybridized carbons (Fsp3) is 0.929. The van der Waals surface area contributed by atoms with Gasteiger partial charge in [-0.15, -0.1) is 0 Å². The van der Waals surface area contributed by atoms with Crippen LogP contribution in [-0.2, 0) is 4.79 Å². The van der Waals surface area contributed by atoms with E-state index in [0.29, 0.717) is 13.1 Å². The van der Waals surface area contributed by atoms with Crippen LogP contribution in [0.2, 0.25) is 0 Å². The summed E-state index contributed by atoms with van der Waals surface area (Å²) in [6.45, 7) is 9.97. The lowest BCUT2D eigenvalue weighted by atomic mass is 10.0. The van der Waals surface area contributed by atoms with Crippen LogP contribution in [0.1, 0.15) is 33.6 Å². The molecular formula is C14H29N3O2. The lowest BCUT2D eigenvalue weighted by Crippen LogP contribution is -2.53. The summed E-state index contributed by atoms with van der Waals surface area (Å²) in [4.78, 5) is 16.4. The maximum absolute atomic E-state index is 12.3. The molecule has 0 aromatic rings. The van der Waals surface area contributed by atoms with Crippen LogP contribution in [0.25, 0.3) is 0 Å². The van der Waals surface area contributed by atoms with Gasteiger partial charge in [0, 0.05) is 39.3 Å². The van der Waals surface area contributed by atoms with Gasteiger partial charge in [0.1, 0.15) is 0 Å². The second kappa shape index (κ2) is 7.22. The molecule has 5 heteroatoms. The van der Waals surface area contributed by atoms with Crippen LogP contribution in [-0.4, -0.2) is 65.7 Å². The predicted octanol–water partition coefficient (Wildman–Crippen LogP) is 0.277. The van der Waals surface area contributed by atoms with E-state index in [1.807, 2.05) is 18.7 Å². The van der Waals surface area contributed by atoms with E-state index >= 15 is 0 Å². The van der Waals surface area contributed by atoms with Crippen molar-refractivity contribution in [3.63, 3.8) is 0 Å². The van der Waals surface area contributed by atoms with E-state index in [0.717, 1.165) is 39.0 Å². The summed E-state index contributed by atoms with van der Waals surface area (Å²) >= 11 is 0. The van der Waals surface area contributed by atoms with E-state index in [2.05, 4.69) is 11.8 Å². The number of nitrogens with two attached hydrogens (primary N) is 1. The minimum atomic E-state index is -0.672. The Kier molecular flexibility index (Phi) is 6.23. The Balaban J connectivity index is 2.42. The van der Waals surface area contributed by atoms with Crippen LogP contribution in [0.3, 0.4) is 0 Å². The fourth-order valence-electron chi connectivity index (χ4n) is 2.62. The second-order valence-corrected chi connectivity index (χ2v) is 6.14. The van der Waals surface area contributed by atoms with Gasteiger partial charge in [-0.2, -0.15) is 0 Å². The van der Waals surface area contributed by atoms with E-state index < -0.39 is 5.60 Å². The van der Waals surface area contributed by atoms with Crippen LogP contribution >= 0.6 is 0 Å². The number of β-amino-alcohol motifs (C(OH)–C–C–N with tert-alkyl or cyclic N) is 1. The monoisotopic (exact) mass is 271 g/mol. The maximum atomic E-state index is 12.3. The van der Waals surface area contributed by atoms with Crippen molar-refractivity contribution < 1.29 is 9.90 Å². The molecule has 1 aliphatic heterocycles. The molecule has 1 fully saturated rings. The van der Waals surface area contributed by atoms with Crippen LogP contribution in [0.5, 0.6) is 0 Å². The highest BCUT2D eigenvalue weighted by Crippen LogP contribution is 2.13. The smallest absolute Gasteiger partial charge is 0.227 e. The van der Waals surface area contributed by atoms with Crippen LogP contribution in [0, 0.1) is 5.92 Å². The molecule has 5 nitrogen and oxygen atoms in total. The van der Waals surface area contributed by atoms with Gasteiger partial charge < -0.3 is 15.7 Å². The summed E-state index contributed by atoms with van der Waals surface area (Å²) in [7, 11) is 0. The van der Waals surface area contributed by atoms with E-state index in [1.54, 1.807) is 0 Å². The summed E-state index contributed by atoms with van der Waals surface area (Å²) in [5.41, 5.74) is 5.01. The number of carbonyl (C=O) groups is 1. The number of piperazine rings is 1. The molecule has 1 saturated heterocycles. The first-order valence-corrected chi connectivity index (χ1v) is 7.31. The van der Waals surface area contributed by atoms with Crippen molar-refractivity contribution in [2.45, 2.75) is 39.2 Å². The highest BCUT2D eigenvalue weighted by molar-refractivity contribution is 5.79. The highest BCUT2D eigenvalue weighted by atomic mass is 16.3. The minimum absolute atomic E-state index is 0.0224. The molecule has 0 radical (unpaired) electrons. The Bertz CT molecular complexity index is 281. The van der Waals surface area contributed by atoms with Gasteiger partial charge in [0.25, 0.3) is 0 Å². The van der Waals surface area contributed by atoms with Crippen molar-refractivity contribution in [2.75, 3.05) is 39.3 Å². The lowest BCUT2D eigenvalue weighted by Gasteiger charge is -2.38. The van der Waals surface area contributed by atoms with Crippen molar-refractivity contribution in [1.29, 1.82) is 0 Å². The molecule has 1 atom stereocenters. The molecule has 19 heavy (non-hydrogen) atoms. The number of carbonyl (C=O) groups excluding carboxylic acids is 1. The molecule has 0 aromatic heterocycles. The normalized spacial score (nSPS) is 19.5. The summed E-state index contributed by atoms with van der Waals surface area (Å²) < 4.78 is 0. The molecule has 112 valence electrons. The number of aliphatic hydroxyl groups is 1. The molecule has 1 amide bonds. The molecule has 0 aliphatic carbocycles. The zero-order chi connectivity index (χ0) is 14.5. The molecule has 3 N–H and O–H groups in total. The van der Waals surface area contributed by atoms with Gasteiger partial charge in [-0.05, 0) is 20.3 Å². The molecule has 0 spiro atoms. The third-order valence-corrected chi connectivity index (χ3v) is 3.57. The van der Waals surface area contributed by atoms with Crippen molar-refractivity contribution >= 4 is 5.91 Å². The average molecular weight is 271 g/mol. The SMILES string of the molecule is CCCC(CN)C(=O)N1CCN(CC(C)(C)O)CC1. The van der Waals surface area contributed by atoms with E-state index in [-0.39, 0.29) is 11.8 Å². The summed E-state index contributed by atoms with van der Waals surface area (Å²) in [5.74, 6) is 0.179. The Morgan fingerprint density at radius 2 is 1.89 bits per heavy atom. The fourth-order valence-corrected chi connectivity index (χ4v) is 2.62. The third-order valence-electron chi connectivity index (χ3n) is 3.57. The van der Waals surface area contributed by atoms with Crippen molar-refractivity contribution in [3.8, 4) is 0 Å². The Labute approximate surface area is 116 Å². The topological polar surface area (TPSA) is 69.8 Å². The zero-order valence-electron chi connectivity index (χ0n) is 12.6. The van der Waals surface area contributed by atoms with Gasteiger partial charge in [-0.1, -0.05) is 13.3 Å². The molecule has 0 aromatic carbocycles. The molecule has 1 heterocycles. The molecular weight excluding hydrogens is 242 g/mol. The largest absolute Gasteiger partial charge is 0.389 e. The van der Waals surface area contributed by atoms with Gasteiger partial charge in [0.15, 0.2) is 0 Å². The van der Waals surface area contributed by atoms with Crippen LogP contribution in [0.4, 0.5) is 0 Å². The Morgan fingerprint density at radius 1 is 1.32 bits per heavy atom. The van der Waals surface area contributed by atoms with Gasteiger partial charge >= 0.3 is 0 Å². The van der Waals surface area contributed by atoms with E-state index in [9.17, 15) is 9.90 Å². The first-order valence-electron chi connectivity index (χ1n) is 7.31. The first-order chi connectivity index (χ1) is 8.87. The summed E-state index contributed by atoms with van der Waals surface area (Å²) in [6, 6.07) is 0. The average Bonchev–Trinajstić information content (AvgIpc) is 2.34. The number of rotatable bonds is 6. The molecule has 1 unspecified atom stereocenters. The van der Waals surface area contributed by atoms with E-state index in [1.165, 1.54) is 0 Å². The van der Waals surface area contributed by atoms with Crippen LogP contribution in [0.15, 0.2) is 0 Å². The Morgan fingerprint density at radius 3 is 2.32 bits per heavy atom. The highest BCUT2D eigenvalue weighted by Gasteiger charge is 2.27. The van der Waals surface area contributed by atoms with Crippen molar-refractivity contribution in [2.24, 2.45) is 11.7 Å². The summed E-state index contributed by atoms with van der Waals surface area (Å²) in [6.07, 6.45) is 1.87. The quantitative estimate of drug-likeness (QED) is 0.728. The number of hydrogen-bond donors (Lipinski definition) is 2. The van der Waals surface area contributed by atoms with Crippen molar-refractivity contribution in [1.82, 2.24) is 9.80 Å². The van der Waals surface area contributed by atoms with Gasteiger partial charge in [-0.25, -0.2) is 0 Å². The van der Waals surface area contributed by atoms with Gasteiger partial charge in [-0.3, -0.25) is 9.69 Å².